The Balaban J connectivity index is 1.54. The lowest BCUT2D eigenvalue weighted by molar-refractivity contribution is -0.137. The first kappa shape index (κ1) is 25.6. The van der Waals surface area contributed by atoms with Crippen LogP contribution in [0, 0.1) is 0 Å². The van der Waals surface area contributed by atoms with Gasteiger partial charge in [0.25, 0.3) is 0 Å². The molecule has 0 heterocycles. The summed E-state index contributed by atoms with van der Waals surface area (Å²) in [5, 5.41) is 8.61. The standard InChI is InChI=1S/C25H31F3N4O2/c1-32(2)16-5-9-22(33)31-24(14-6-15-24)23(34)29-17-18-10-12-19(13-11-18)30-21-8-4-3-7-20(21)25(26,27)28/h3-4,7-8,10-13,30H,5-6,9,14-17H2,1-2H3,(H,29,34)(H,31,33). The van der Waals surface area contributed by atoms with E-state index in [2.05, 4.69) is 16.0 Å². The Kier molecular flexibility index (Phi) is 8.19. The van der Waals surface area contributed by atoms with Gasteiger partial charge in [0.2, 0.25) is 11.8 Å². The van der Waals surface area contributed by atoms with Crippen LogP contribution in [-0.2, 0) is 22.3 Å². The number of halogens is 3. The highest BCUT2D eigenvalue weighted by Crippen LogP contribution is 2.36. The Morgan fingerprint density at radius 3 is 2.29 bits per heavy atom. The second-order valence-corrected chi connectivity index (χ2v) is 8.94. The van der Waals surface area contributed by atoms with Gasteiger partial charge in [-0.15, -0.1) is 0 Å². The summed E-state index contributed by atoms with van der Waals surface area (Å²) in [6.07, 6.45) is -1.25. The van der Waals surface area contributed by atoms with Crippen LogP contribution in [0.25, 0.3) is 0 Å². The maximum Gasteiger partial charge on any atom is 0.418 e. The van der Waals surface area contributed by atoms with Gasteiger partial charge < -0.3 is 20.9 Å². The molecule has 0 unspecified atom stereocenters. The number of rotatable bonds is 10. The van der Waals surface area contributed by atoms with E-state index in [0.717, 1.165) is 31.0 Å². The molecule has 0 atom stereocenters. The van der Waals surface area contributed by atoms with E-state index in [1.807, 2.05) is 19.0 Å². The van der Waals surface area contributed by atoms with Gasteiger partial charge in [0.05, 0.1) is 11.3 Å². The number of carbonyl (C=O) groups is 2. The summed E-state index contributed by atoms with van der Waals surface area (Å²) < 4.78 is 39.6. The molecule has 9 heteroatoms. The van der Waals surface area contributed by atoms with Gasteiger partial charge in [-0.05, 0) is 76.2 Å². The fourth-order valence-electron chi connectivity index (χ4n) is 3.88. The molecule has 1 aliphatic rings. The molecule has 2 aromatic rings. The minimum Gasteiger partial charge on any atom is -0.355 e. The van der Waals surface area contributed by atoms with E-state index >= 15 is 0 Å². The fraction of sp³-hybridized carbons (Fsp3) is 0.440. The first-order valence-electron chi connectivity index (χ1n) is 11.4. The van der Waals surface area contributed by atoms with Gasteiger partial charge >= 0.3 is 6.18 Å². The van der Waals surface area contributed by atoms with Gasteiger partial charge in [-0.2, -0.15) is 13.2 Å². The predicted octanol–water partition coefficient (Wildman–Crippen LogP) is 4.45. The molecular weight excluding hydrogens is 445 g/mol. The molecule has 1 aliphatic carbocycles. The topological polar surface area (TPSA) is 73.5 Å². The zero-order valence-corrected chi connectivity index (χ0v) is 19.5. The van der Waals surface area contributed by atoms with Crippen molar-refractivity contribution in [3.8, 4) is 0 Å². The van der Waals surface area contributed by atoms with Crippen LogP contribution < -0.4 is 16.0 Å². The van der Waals surface area contributed by atoms with Crippen molar-refractivity contribution in [1.82, 2.24) is 15.5 Å². The van der Waals surface area contributed by atoms with Crippen molar-refractivity contribution in [3.05, 3.63) is 59.7 Å². The molecule has 0 aliphatic heterocycles. The van der Waals surface area contributed by atoms with Crippen LogP contribution in [0.1, 0.15) is 43.2 Å². The first-order valence-corrected chi connectivity index (χ1v) is 11.4. The summed E-state index contributed by atoms with van der Waals surface area (Å²) in [6.45, 7) is 1.07. The fourth-order valence-corrected chi connectivity index (χ4v) is 3.88. The molecule has 0 bridgehead atoms. The Morgan fingerprint density at radius 1 is 1.03 bits per heavy atom. The maximum atomic E-state index is 13.2. The van der Waals surface area contributed by atoms with E-state index in [0.29, 0.717) is 24.9 Å². The van der Waals surface area contributed by atoms with Crippen molar-refractivity contribution in [2.45, 2.75) is 50.4 Å². The van der Waals surface area contributed by atoms with Crippen LogP contribution >= 0.6 is 0 Å². The highest BCUT2D eigenvalue weighted by molar-refractivity contribution is 5.92. The van der Waals surface area contributed by atoms with Crippen molar-refractivity contribution >= 4 is 23.2 Å². The van der Waals surface area contributed by atoms with Crippen LogP contribution in [0.3, 0.4) is 0 Å². The summed E-state index contributed by atoms with van der Waals surface area (Å²) in [4.78, 5) is 27.1. The number of nitrogens with one attached hydrogen (secondary N) is 3. The Bertz CT molecular complexity index is 986. The number of hydrogen-bond acceptors (Lipinski definition) is 4. The van der Waals surface area contributed by atoms with E-state index < -0.39 is 17.3 Å². The lowest BCUT2D eigenvalue weighted by atomic mass is 9.75. The van der Waals surface area contributed by atoms with Crippen molar-refractivity contribution < 1.29 is 22.8 Å². The third-order valence-electron chi connectivity index (χ3n) is 5.95. The smallest absolute Gasteiger partial charge is 0.355 e. The maximum absolute atomic E-state index is 13.2. The highest BCUT2D eigenvalue weighted by Gasteiger charge is 2.45. The number of hydrogen-bond donors (Lipinski definition) is 3. The molecule has 2 amide bonds. The van der Waals surface area contributed by atoms with Crippen LogP contribution in [0.15, 0.2) is 48.5 Å². The zero-order valence-electron chi connectivity index (χ0n) is 19.5. The van der Waals surface area contributed by atoms with Crippen LogP contribution in [0.4, 0.5) is 24.5 Å². The molecule has 0 radical (unpaired) electrons. The summed E-state index contributed by atoms with van der Waals surface area (Å²) in [7, 11) is 3.89. The Morgan fingerprint density at radius 2 is 1.71 bits per heavy atom. The minimum atomic E-state index is -4.45. The SMILES string of the molecule is CN(C)CCCC(=O)NC1(C(=O)NCc2ccc(Nc3ccccc3C(F)(F)F)cc2)CCC1. The number of benzene rings is 2. The predicted molar refractivity (Wildman–Crippen MR) is 126 cm³/mol. The third kappa shape index (κ3) is 6.72. The molecule has 1 fully saturated rings. The molecule has 1 saturated carbocycles. The van der Waals surface area contributed by atoms with Crippen molar-refractivity contribution in [3.63, 3.8) is 0 Å². The Labute approximate surface area is 197 Å². The second-order valence-electron chi connectivity index (χ2n) is 8.94. The largest absolute Gasteiger partial charge is 0.418 e. The third-order valence-corrected chi connectivity index (χ3v) is 5.95. The summed E-state index contributed by atoms with van der Waals surface area (Å²) in [5.41, 5.74) is -0.301. The zero-order chi connectivity index (χ0) is 24.8. The van der Waals surface area contributed by atoms with E-state index in [1.54, 1.807) is 30.3 Å². The van der Waals surface area contributed by atoms with Crippen molar-refractivity contribution in [1.29, 1.82) is 0 Å². The van der Waals surface area contributed by atoms with Crippen LogP contribution in [-0.4, -0.2) is 42.9 Å². The van der Waals surface area contributed by atoms with E-state index in [9.17, 15) is 22.8 Å². The van der Waals surface area contributed by atoms with Gasteiger partial charge in [-0.1, -0.05) is 24.3 Å². The number of alkyl halides is 3. The van der Waals surface area contributed by atoms with Crippen LogP contribution in [0.5, 0.6) is 0 Å². The first-order chi connectivity index (χ1) is 16.1. The lowest BCUT2D eigenvalue weighted by Gasteiger charge is -2.40. The number of para-hydroxylation sites is 1. The number of carbonyl (C=O) groups excluding carboxylic acids is 2. The summed E-state index contributed by atoms with van der Waals surface area (Å²) >= 11 is 0. The molecule has 34 heavy (non-hydrogen) atoms. The average molecular weight is 477 g/mol. The van der Waals surface area contributed by atoms with E-state index in [-0.39, 0.29) is 24.0 Å². The van der Waals surface area contributed by atoms with E-state index in [4.69, 9.17) is 0 Å². The Hall–Kier alpha value is -3.07. The van der Waals surface area contributed by atoms with Gasteiger partial charge in [-0.3, -0.25) is 9.59 Å². The second kappa shape index (κ2) is 10.9. The molecule has 0 spiro atoms. The van der Waals surface area contributed by atoms with Gasteiger partial charge in [0, 0.05) is 18.7 Å². The van der Waals surface area contributed by atoms with Crippen molar-refractivity contribution in [2.24, 2.45) is 0 Å². The number of anilines is 2. The molecule has 184 valence electrons. The quantitative estimate of drug-likeness (QED) is 0.474. The summed E-state index contributed by atoms with van der Waals surface area (Å²) in [5.74, 6) is -0.327. The van der Waals surface area contributed by atoms with Gasteiger partial charge in [-0.25, -0.2) is 0 Å². The molecule has 6 nitrogen and oxygen atoms in total. The molecular formula is C25H31F3N4O2. The average Bonchev–Trinajstić information content (AvgIpc) is 2.75. The summed E-state index contributed by atoms with van der Waals surface area (Å²) in [6, 6.07) is 12.1. The number of nitrogens with zero attached hydrogens (tertiary/aromatic N) is 1. The molecule has 3 rings (SSSR count). The van der Waals surface area contributed by atoms with Gasteiger partial charge in [0.1, 0.15) is 5.54 Å². The molecule has 0 aromatic heterocycles. The number of amides is 2. The van der Waals surface area contributed by atoms with Crippen LogP contribution in [0.2, 0.25) is 0 Å². The van der Waals surface area contributed by atoms with E-state index in [1.165, 1.54) is 12.1 Å². The normalized spacial score (nSPS) is 14.9. The highest BCUT2D eigenvalue weighted by atomic mass is 19.4. The van der Waals surface area contributed by atoms with Crippen molar-refractivity contribution in [2.75, 3.05) is 26.0 Å². The lowest BCUT2D eigenvalue weighted by Crippen LogP contribution is -2.62. The van der Waals surface area contributed by atoms with Gasteiger partial charge in [0.15, 0.2) is 0 Å². The molecule has 3 N–H and O–H groups in total. The minimum absolute atomic E-state index is 0.0238. The monoisotopic (exact) mass is 476 g/mol. The molecule has 0 saturated heterocycles. The molecule has 2 aromatic carbocycles.